The van der Waals surface area contributed by atoms with Crippen LogP contribution in [0.25, 0.3) is 0 Å². The van der Waals surface area contributed by atoms with Crippen LogP contribution in [0.3, 0.4) is 0 Å². The second-order valence-corrected chi connectivity index (χ2v) is 8.16. The third-order valence-corrected chi connectivity index (χ3v) is 6.23. The average molecular weight is 407 g/mol. The highest BCUT2D eigenvalue weighted by Crippen LogP contribution is 2.28. The first-order valence-corrected chi connectivity index (χ1v) is 10.9. The van der Waals surface area contributed by atoms with Crippen LogP contribution in [0.5, 0.6) is 5.75 Å². The molecule has 0 atom stereocenters. The molecule has 5 heteroatoms. The second-order valence-electron chi connectivity index (χ2n) is 7.38. The number of likely N-dealkylation sites (tertiary alicyclic amines) is 1. The van der Waals surface area contributed by atoms with Crippen molar-refractivity contribution in [3.05, 3.63) is 82.6 Å². The van der Waals surface area contributed by atoms with Crippen molar-refractivity contribution in [2.24, 2.45) is 0 Å². The van der Waals surface area contributed by atoms with E-state index in [0.29, 0.717) is 0 Å². The lowest BCUT2D eigenvalue weighted by Gasteiger charge is -2.38. The molecule has 4 rings (SSSR count). The number of hydrogen-bond donors (Lipinski definition) is 0. The molecule has 2 heterocycles. The van der Waals surface area contributed by atoms with Gasteiger partial charge in [-0.25, -0.2) is 0 Å². The lowest BCUT2D eigenvalue weighted by Crippen LogP contribution is -2.47. The summed E-state index contributed by atoms with van der Waals surface area (Å²) in [6.07, 6.45) is 1.93. The van der Waals surface area contributed by atoms with Gasteiger partial charge in [-0.2, -0.15) is 11.3 Å². The van der Waals surface area contributed by atoms with E-state index in [1.807, 2.05) is 59.5 Å². The minimum absolute atomic E-state index is 0.0621. The zero-order valence-electron chi connectivity index (χ0n) is 16.7. The molecule has 0 radical (unpaired) electrons. The molecule has 0 unspecified atom stereocenters. The van der Waals surface area contributed by atoms with E-state index in [2.05, 4.69) is 21.7 Å². The van der Waals surface area contributed by atoms with Crippen LogP contribution in [0.2, 0.25) is 0 Å². The summed E-state index contributed by atoms with van der Waals surface area (Å²) in [5.74, 6) is 0.860. The van der Waals surface area contributed by atoms with Crippen molar-refractivity contribution in [3.8, 4) is 5.75 Å². The largest absolute Gasteiger partial charge is 0.497 e. The van der Waals surface area contributed by atoms with Gasteiger partial charge in [0.25, 0.3) is 5.91 Å². The molecular formula is C24H26N2O2S. The number of carbonyl (C=O) groups is 1. The number of methoxy groups -OCH3 is 1. The van der Waals surface area contributed by atoms with Gasteiger partial charge in [0, 0.05) is 36.9 Å². The first kappa shape index (κ1) is 19.7. The summed E-state index contributed by atoms with van der Waals surface area (Å²) >= 11 is 1.75. The van der Waals surface area contributed by atoms with E-state index < -0.39 is 0 Å². The van der Waals surface area contributed by atoms with Crippen molar-refractivity contribution >= 4 is 22.9 Å². The van der Waals surface area contributed by atoms with Gasteiger partial charge in [-0.05, 0) is 71.6 Å². The quantitative estimate of drug-likeness (QED) is 0.573. The summed E-state index contributed by atoms with van der Waals surface area (Å²) in [6.45, 7) is 2.98. The number of rotatable bonds is 6. The van der Waals surface area contributed by atoms with Gasteiger partial charge in [0.2, 0.25) is 0 Å². The highest BCUT2D eigenvalue weighted by Gasteiger charge is 2.30. The van der Waals surface area contributed by atoms with Crippen LogP contribution in [0.4, 0.5) is 5.69 Å². The number of ether oxygens (including phenoxy) is 1. The van der Waals surface area contributed by atoms with E-state index in [4.69, 9.17) is 4.74 Å². The first-order valence-electron chi connectivity index (χ1n) is 10.0. The zero-order chi connectivity index (χ0) is 20.1. The Labute approximate surface area is 176 Å². The van der Waals surface area contributed by atoms with E-state index in [9.17, 15) is 4.79 Å². The lowest BCUT2D eigenvalue weighted by molar-refractivity contribution is 0.0958. The van der Waals surface area contributed by atoms with Crippen LogP contribution >= 0.6 is 11.3 Å². The fraction of sp³-hybridized carbons (Fsp3) is 0.292. The fourth-order valence-corrected chi connectivity index (χ4v) is 4.59. The molecule has 0 saturated carbocycles. The molecule has 1 amide bonds. The molecule has 0 bridgehead atoms. The van der Waals surface area contributed by atoms with Crippen molar-refractivity contribution in [2.45, 2.75) is 25.4 Å². The SMILES string of the molecule is COc1ccc(N(C(=O)c2ccccc2)C2CCN(Cc3ccsc3)CC2)cc1. The molecule has 0 spiro atoms. The molecular weight excluding hydrogens is 380 g/mol. The summed E-state index contributed by atoms with van der Waals surface area (Å²) in [4.78, 5) is 17.9. The Morgan fingerprint density at radius 1 is 1.07 bits per heavy atom. The predicted molar refractivity (Wildman–Crippen MR) is 119 cm³/mol. The Balaban J connectivity index is 1.53. The molecule has 0 N–H and O–H groups in total. The molecule has 1 saturated heterocycles. The summed E-state index contributed by atoms with van der Waals surface area (Å²) in [6, 6.07) is 19.8. The molecule has 0 aliphatic carbocycles. The minimum Gasteiger partial charge on any atom is -0.497 e. The Hall–Kier alpha value is -2.63. The summed E-state index contributed by atoms with van der Waals surface area (Å²) in [5, 5.41) is 4.35. The zero-order valence-corrected chi connectivity index (χ0v) is 17.5. The van der Waals surface area contributed by atoms with Gasteiger partial charge in [0.05, 0.1) is 7.11 Å². The Morgan fingerprint density at radius 2 is 1.79 bits per heavy atom. The first-order chi connectivity index (χ1) is 14.2. The topological polar surface area (TPSA) is 32.8 Å². The maximum absolute atomic E-state index is 13.4. The van der Waals surface area contributed by atoms with Crippen LogP contribution < -0.4 is 9.64 Å². The highest BCUT2D eigenvalue weighted by atomic mass is 32.1. The molecule has 4 nitrogen and oxygen atoms in total. The molecule has 29 heavy (non-hydrogen) atoms. The Bertz CT molecular complexity index is 902. The van der Waals surface area contributed by atoms with Crippen LogP contribution in [0, 0.1) is 0 Å². The molecule has 3 aromatic rings. The van der Waals surface area contributed by atoms with E-state index in [1.54, 1.807) is 18.4 Å². The van der Waals surface area contributed by atoms with E-state index in [0.717, 1.165) is 49.5 Å². The van der Waals surface area contributed by atoms with Crippen molar-refractivity contribution in [2.75, 3.05) is 25.1 Å². The van der Waals surface area contributed by atoms with Crippen molar-refractivity contribution in [3.63, 3.8) is 0 Å². The molecule has 1 aromatic heterocycles. The summed E-state index contributed by atoms with van der Waals surface area (Å²) in [7, 11) is 1.66. The lowest BCUT2D eigenvalue weighted by atomic mass is 10.0. The maximum Gasteiger partial charge on any atom is 0.258 e. The maximum atomic E-state index is 13.4. The van der Waals surface area contributed by atoms with Gasteiger partial charge in [0.1, 0.15) is 5.75 Å². The van der Waals surface area contributed by atoms with Crippen LogP contribution in [0.1, 0.15) is 28.8 Å². The molecule has 2 aromatic carbocycles. The number of anilines is 1. The number of piperidine rings is 1. The standard InChI is InChI=1S/C24H26N2O2S/c1-28-23-9-7-21(8-10-23)26(24(27)20-5-3-2-4-6-20)22-11-14-25(15-12-22)17-19-13-16-29-18-19/h2-10,13,16,18,22H,11-12,14-15,17H2,1H3. The number of amides is 1. The minimum atomic E-state index is 0.0621. The average Bonchev–Trinajstić information content (AvgIpc) is 3.29. The third kappa shape index (κ3) is 4.69. The smallest absolute Gasteiger partial charge is 0.258 e. The van der Waals surface area contributed by atoms with Gasteiger partial charge >= 0.3 is 0 Å². The summed E-state index contributed by atoms with van der Waals surface area (Å²) < 4.78 is 5.29. The van der Waals surface area contributed by atoms with Gasteiger partial charge in [0.15, 0.2) is 0 Å². The normalized spacial score (nSPS) is 15.2. The fourth-order valence-electron chi connectivity index (χ4n) is 3.93. The van der Waals surface area contributed by atoms with E-state index in [-0.39, 0.29) is 11.9 Å². The van der Waals surface area contributed by atoms with Gasteiger partial charge in [-0.15, -0.1) is 0 Å². The number of hydrogen-bond acceptors (Lipinski definition) is 4. The predicted octanol–water partition coefficient (Wildman–Crippen LogP) is 5.07. The second kappa shape index (κ2) is 9.25. The van der Waals surface area contributed by atoms with Crippen LogP contribution in [-0.2, 0) is 6.54 Å². The Morgan fingerprint density at radius 3 is 2.41 bits per heavy atom. The molecule has 1 aliphatic rings. The number of nitrogens with zero attached hydrogens (tertiary/aromatic N) is 2. The number of carbonyl (C=O) groups excluding carboxylic acids is 1. The summed E-state index contributed by atoms with van der Waals surface area (Å²) in [5.41, 5.74) is 3.03. The van der Waals surface area contributed by atoms with E-state index >= 15 is 0 Å². The van der Waals surface area contributed by atoms with Gasteiger partial charge in [-0.1, -0.05) is 18.2 Å². The monoisotopic (exact) mass is 406 g/mol. The molecule has 1 fully saturated rings. The van der Waals surface area contributed by atoms with Gasteiger partial charge < -0.3 is 9.64 Å². The Kier molecular flexibility index (Phi) is 6.27. The van der Waals surface area contributed by atoms with Crippen molar-refractivity contribution < 1.29 is 9.53 Å². The van der Waals surface area contributed by atoms with Gasteiger partial charge in [-0.3, -0.25) is 9.69 Å². The number of benzene rings is 2. The highest BCUT2D eigenvalue weighted by molar-refractivity contribution is 7.07. The van der Waals surface area contributed by atoms with Crippen molar-refractivity contribution in [1.29, 1.82) is 0 Å². The number of thiophene rings is 1. The third-order valence-electron chi connectivity index (χ3n) is 5.50. The van der Waals surface area contributed by atoms with Crippen LogP contribution in [-0.4, -0.2) is 37.0 Å². The molecule has 150 valence electrons. The molecule has 1 aliphatic heterocycles. The van der Waals surface area contributed by atoms with E-state index in [1.165, 1.54) is 5.56 Å². The van der Waals surface area contributed by atoms with Crippen molar-refractivity contribution in [1.82, 2.24) is 4.90 Å². The van der Waals surface area contributed by atoms with Crippen LogP contribution in [0.15, 0.2) is 71.4 Å².